The first-order chi connectivity index (χ1) is 7.44. The highest BCUT2D eigenvalue weighted by molar-refractivity contribution is 9.09. The summed E-state index contributed by atoms with van der Waals surface area (Å²) in [5.74, 6) is 0.0911. The quantitative estimate of drug-likeness (QED) is 0.799. The normalized spacial score (nSPS) is 11.6. The van der Waals surface area contributed by atoms with Gasteiger partial charge in [-0.05, 0) is 0 Å². The molecule has 0 fully saturated rings. The largest absolute Gasteiger partial charge is 0.405 e. The van der Waals surface area contributed by atoms with Gasteiger partial charge in [-0.15, -0.1) is 0 Å². The number of anilines is 1. The lowest BCUT2D eigenvalue weighted by molar-refractivity contribution is -0.119. The predicted octanol–water partition coefficient (Wildman–Crippen LogP) is 2.89. The van der Waals surface area contributed by atoms with Crippen LogP contribution in [0.1, 0.15) is 0 Å². The number of aromatic nitrogens is 2. The molecule has 0 aromatic carbocycles. The van der Waals surface area contributed by atoms with E-state index in [4.69, 9.17) is 11.6 Å². The number of nitrogens with zero attached hydrogens (tertiary/aromatic N) is 3. The molecule has 0 aliphatic heterocycles. The van der Waals surface area contributed by atoms with E-state index in [0.717, 1.165) is 4.90 Å². The number of hydrogen-bond donors (Lipinski definition) is 0. The minimum absolute atomic E-state index is 0.0911. The van der Waals surface area contributed by atoms with Crippen molar-refractivity contribution < 1.29 is 13.2 Å². The fraction of sp³-hybridized carbons (Fsp3) is 0.500. The number of alkyl halides is 4. The Morgan fingerprint density at radius 1 is 1.44 bits per heavy atom. The molecule has 0 spiro atoms. The Kier molecular flexibility index (Phi) is 4.79. The Morgan fingerprint density at radius 3 is 2.62 bits per heavy atom. The van der Waals surface area contributed by atoms with E-state index in [1.165, 1.54) is 12.5 Å². The second-order valence-electron chi connectivity index (χ2n) is 2.92. The zero-order valence-electron chi connectivity index (χ0n) is 8.01. The molecule has 0 aliphatic carbocycles. The van der Waals surface area contributed by atoms with Crippen molar-refractivity contribution in [1.82, 2.24) is 9.97 Å². The molecule has 8 heteroatoms. The number of hydrogen-bond acceptors (Lipinski definition) is 3. The van der Waals surface area contributed by atoms with Crippen LogP contribution in [0.2, 0.25) is 5.02 Å². The van der Waals surface area contributed by atoms with Gasteiger partial charge in [-0.1, -0.05) is 27.5 Å². The summed E-state index contributed by atoms with van der Waals surface area (Å²) in [6.45, 7) is -0.925. The van der Waals surface area contributed by atoms with Crippen molar-refractivity contribution in [2.45, 2.75) is 6.18 Å². The third-order valence-electron chi connectivity index (χ3n) is 1.67. The SMILES string of the molecule is FC(F)(F)CN(CCBr)c1ncncc1Cl. The van der Waals surface area contributed by atoms with Crippen LogP contribution in [0.15, 0.2) is 12.5 Å². The van der Waals surface area contributed by atoms with Crippen LogP contribution < -0.4 is 4.90 Å². The third kappa shape index (κ3) is 4.13. The van der Waals surface area contributed by atoms with Crippen LogP contribution >= 0.6 is 27.5 Å². The van der Waals surface area contributed by atoms with Gasteiger partial charge in [0.25, 0.3) is 0 Å². The first-order valence-electron chi connectivity index (χ1n) is 4.27. The maximum atomic E-state index is 12.3. The number of halogens is 5. The molecule has 1 aromatic rings. The molecule has 0 bridgehead atoms. The molecule has 0 N–H and O–H groups in total. The Hall–Kier alpha value is -0.560. The van der Waals surface area contributed by atoms with E-state index in [0.29, 0.717) is 5.33 Å². The highest BCUT2D eigenvalue weighted by Crippen LogP contribution is 2.25. The summed E-state index contributed by atoms with van der Waals surface area (Å²) < 4.78 is 36.9. The average molecular weight is 319 g/mol. The highest BCUT2D eigenvalue weighted by atomic mass is 79.9. The standard InChI is InChI=1S/C8H8BrClF3N3/c9-1-2-16(4-8(11,12)13)7-6(10)3-14-5-15-7/h3,5H,1-2,4H2. The van der Waals surface area contributed by atoms with Gasteiger partial charge in [0.15, 0.2) is 5.82 Å². The van der Waals surface area contributed by atoms with Gasteiger partial charge in [0.2, 0.25) is 0 Å². The second kappa shape index (κ2) is 5.67. The summed E-state index contributed by atoms with van der Waals surface area (Å²) in [5.41, 5.74) is 0. The van der Waals surface area contributed by atoms with Crippen molar-refractivity contribution in [3.8, 4) is 0 Å². The van der Waals surface area contributed by atoms with E-state index >= 15 is 0 Å². The molecule has 1 rings (SSSR count). The topological polar surface area (TPSA) is 29.0 Å². The first kappa shape index (κ1) is 13.5. The van der Waals surface area contributed by atoms with E-state index in [1.54, 1.807) is 0 Å². The molecule has 0 radical (unpaired) electrons. The molecule has 0 atom stereocenters. The van der Waals surface area contributed by atoms with E-state index < -0.39 is 12.7 Å². The second-order valence-corrected chi connectivity index (χ2v) is 4.12. The van der Waals surface area contributed by atoms with Crippen molar-refractivity contribution in [3.05, 3.63) is 17.5 Å². The van der Waals surface area contributed by atoms with Gasteiger partial charge in [0.05, 0.1) is 6.20 Å². The van der Waals surface area contributed by atoms with E-state index in [1.807, 2.05) is 0 Å². The van der Waals surface area contributed by atoms with E-state index in [-0.39, 0.29) is 17.4 Å². The van der Waals surface area contributed by atoms with Gasteiger partial charge in [-0.2, -0.15) is 13.2 Å². The average Bonchev–Trinajstić information content (AvgIpc) is 2.16. The van der Waals surface area contributed by atoms with Crippen molar-refractivity contribution >= 4 is 33.3 Å². The van der Waals surface area contributed by atoms with Crippen LogP contribution in [0.4, 0.5) is 19.0 Å². The zero-order valence-corrected chi connectivity index (χ0v) is 10.3. The summed E-state index contributed by atoms with van der Waals surface area (Å²) in [5, 5.41) is 0.497. The zero-order chi connectivity index (χ0) is 12.2. The van der Waals surface area contributed by atoms with Crippen LogP contribution in [-0.2, 0) is 0 Å². The summed E-state index contributed by atoms with van der Waals surface area (Å²) in [6.07, 6.45) is -1.86. The molecule has 1 heterocycles. The monoisotopic (exact) mass is 317 g/mol. The Bertz CT molecular complexity index is 348. The van der Waals surface area contributed by atoms with Gasteiger partial charge in [0, 0.05) is 11.9 Å². The first-order valence-corrected chi connectivity index (χ1v) is 5.77. The summed E-state index contributed by atoms with van der Waals surface area (Å²) in [4.78, 5) is 8.42. The summed E-state index contributed by atoms with van der Waals surface area (Å²) in [6, 6.07) is 0. The summed E-state index contributed by atoms with van der Waals surface area (Å²) in [7, 11) is 0. The van der Waals surface area contributed by atoms with E-state index in [2.05, 4.69) is 25.9 Å². The van der Waals surface area contributed by atoms with Crippen molar-refractivity contribution in [1.29, 1.82) is 0 Å². The van der Waals surface area contributed by atoms with Gasteiger partial charge in [0.1, 0.15) is 17.9 Å². The molecule has 0 amide bonds. The molecule has 16 heavy (non-hydrogen) atoms. The lowest BCUT2D eigenvalue weighted by Crippen LogP contribution is -2.36. The Morgan fingerprint density at radius 2 is 2.12 bits per heavy atom. The molecule has 0 saturated heterocycles. The number of rotatable bonds is 4. The van der Waals surface area contributed by atoms with Crippen molar-refractivity contribution in [2.75, 3.05) is 23.3 Å². The van der Waals surface area contributed by atoms with Crippen LogP contribution in [0.25, 0.3) is 0 Å². The molecule has 0 unspecified atom stereocenters. The maximum absolute atomic E-state index is 12.3. The molecular weight excluding hydrogens is 310 g/mol. The van der Waals surface area contributed by atoms with Gasteiger partial charge < -0.3 is 4.90 Å². The molecule has 3 nitrogen and oxygen atoms in total. The minimum atomic E-state index is -4.30. The van der Waals surface area contributed by atoms with Gasteiger partial charge in [-0.25, -0.2) is 9.97 Å². The lowest BCUT2D eigenvalue weighted by atomic mass is 10.4. The van der Waals surface area contributed by atoms with Crippen LogP contribution in [0.3, 0.4) is 0 Å². The van der Waals surface area contributed by atoms with Crippen LogP contribution in [0, 0.1) is 0 Å². The van der Waals surface area contributed by atoms with E-state index in [9.17, 15) is 13.2 Å². The van der Waals surface area contributed by atoms with Crippen LogP contribution in [0.5, 0.6) is 0 Å². The maximum Gasteiger partial charge on any atom is 0.405 e. The Labute approximate surface area is 104 Å². The van der Waals surface area contributed by atoms with Crippen molar-refractivity contribution in [2.24, 2.45) is 0 Å². The minimum Gasteiger partial charge on any atom is -0.345 e. The predicted molar refractivity (Wildman–Crippen MR) is 59.1 cm³/mol. The Balaban J connectivity index is 2.89. The smallest absolute Gasteiger partial charge is 0.345 e. The highest BCUT2D eigenvalue weighted by Gasteiger charge is 2.31. The van der Waals surface area contributed by atoms with Gasteiger partial charge >= 0.3 is 6.18 Å². The molecule has 0 aliphatic rings. The van der Waals surface area contributed by atoms with Crippen LogP contribution in [-0.4, -0.2) is 34.6 Å². The van der Waals surface area contributed by atoms with Gasteiger partial charge in [-0.3, -0.25) is 0 Å². The fourth-order valence-electron chi connectivity index (χ4n) is 1.12. The van der Waals surface area contributed by atoms with Crippen molar-refractivity contribution in [3.63, 3.8) is 0 Å². The lowest BCUT2D eigenvalue weighted by Gasteiger charge is -2.24. The molecule has 90 valence electrons. The fourth-order valence-corrected chi connectivity index (χ4v) is 1.77. The molecule has 1 aromatic heterocycles. The summed E-state index contributed by atoms with van der Waals surface area (Å²) >= 11 is 8.82. The molecule has 0 saturated carbocycles. The third-order valence-corrected chi connectivity index (χ3v) is 2.29. The molecular formula is C8H8BrClF3N3.